The van der Waals surface area contributed by atoms with Crippen LogP contribution in [0.5, 0.6) is 0 Å². The highest BCUT2D eigenvalue weighted by Gasteiger charge is 2.24. The second kappa shape index (κ2) is 5.08. The van der Waals surface area contributed by atoms with Crippen LogP contribution in [0.1, 0.15) is 18.2 Å². The Kier molecular flexibility index (Phi) is 3.10. The Balaban J connectivity index is 1.61. The van der Waals surface area contributed by atoms with Crippen LogP contribution >= 0.6 is 22.7 Å². The van der Waals surface area contributed by atoms with Crippen molar-refractivity contribution in [2.75, 3.05) is 13.2 Å². The summed E-state index contributed by atoms with van der Waals surface area (Å²) >= 11 is 3.23. The average Bonchev–Trinajstić information content (AvgIpc) is 3.22. The molecule has 0 aromatic carbocycles. The van der Waals surface area contributed by atoms with Gasteiger partial charge in [-0.15, -0.1) is 11.3 Å². The molecule has 1 aliphatic rings. The van der Waals surface area contributed by atoms with Crippen molar-refractivity contribution in [2.24, 2.45) is 0 Å². The molecule has 1 unspecified atom stereocenters. The second-order valence-electron chi connectivity index (χ2n) is 4.56. The molecule has 7 heteroatoms. The van der Waals surface area contributed by atoms with Crippen LogP contribution in [0.15, 0.2) is 27.5 Å². The molecular weight excluding hydrogens is 294 g/mol. The number of hydrogen-bond acceptors (Lipinski definition) is 7. The maximum Gasteiger partial charge on any atom is 0.269 e. The Hall–Kier alpha value is -1.57. The summed E-state index contributed by atoms with van der Waals surface area (Å²) in [5, 5.41) is 9.16. The minimum Gasteiger partial charge on any atom is -0.381 e. The lowest BCUT2D eigenvalue weighted by Gasteiger charge is -1.97. The van der Waals surface area contributed by atoms with Crippen LogP contribution in [0.2, 0.25) is 0 Å². The van der Waals surface area contributed by atoms with E-state index in [1.807, 2.05) is 5.38 Å². The third kappa shape index (κ3) is 2.17. The molecule has 3 aromatic rings. The van der Waals surface area contributed by atoms with E-state index < -0.39 is 0 Å². The summed E-state index contributed by atoms with van der Waals surface area (Å²) in [5.74, 6) is 1.55. The first-order valence-electron chi connectivity index (χ1n) is 6.30. The number of aromatic nitrogens is 3. The molecule has 1 saturated heterocycles. The number of hydrogen-bond donors (Lipinski definition) is 0. The Morgan fingerprint density at radius 3 is 3.15 bits per heavy atom. The Morgan fingerprint density at radius 2 is 2.35 bits per heavy atom. The molecule has 0 N–H and O–H groups in total. The lowest BCUT2D eigenvalue weighted by molar-refractivity contribution is 0.192. The van der Waals surface area contributed by atoms with Crippen LogP contribution in [0.3, 0.4) is 0 Å². The second-order valence-corrected chi connectivity index (χ2v) is 6.37. The van der Waals surface area contributed by atoms with Gasteiger partial charge in [-0.1, -0.05) is 5.16 Å². The van der Waals surface area contributed by atoms with Crippen LogP contribution in [0.25, 0.3) is 21.3 Å². The highest BCUT2D eigenvalue weighted by molar-refractivity contribution is 7.18. The minimum absolute atomic E-state index is 0.261. The van der Waals surface area contributed by atoms with Crippen molar-refractivity contribution >= 4 is 22.7 Å². The van der Waals surface area contributed by atoms with Crippen LogP contribution in [-0.4, -0.2) is 28.3 Å². The predicted molar refractivity (Wildman–Crippen MR) is 76.9 cm³/mol. The van der Waals surface area contributed by atoms with E-state index >= 15 is 0 Å². The maximum atomic E-state index is 5.35. The normalized spacial score (nSPS) is 18.7. The first-order valence-corrected chi connectivity index (χ1v) is 8.06. The zero-order valence-corrected chi connectivity index (χ0v) is 12.1. The molecule has 102 valence electrons. The number of rotatable bonds is 3. The monoisotopic (exact) mass is 305 g/mol. The Labute approximate surface area is 123 Å². The fourth-order valence-corrected chi connectivity index (χ4v) is 3.68. The largest absolute Gasteiger partial charge is 0.381 e. The van der Waals surface area contributed by atoms with Crippen LogP contribution in [0, 0.1) is 0 Å². The van der Waals surface area contributed by atoms with Crippen LogP contribution in [-0.2, 0) is 4.74 Å². The van der Waals surface area contributed by atoms with Gasteiger partial charge >= 0.3 is 0 Å². The molecule has 4 rings (SSSR count). The first kappa shape index (κ1) is 12.2. The van der Waals surface area contributed by atoms with E-state index in [9.17, 15) is 0 Å². The van der Waals surface area contributed by atoms with Crippen molar-refractivity contribution in [2.45, 2.75) is 12.3 Å². The SMILES string of the molecule is c1cc(-c2ncc(-c3nc(C4CCOC4)no3)s2)cs1. The van der Waals surface area contributed by atoms with E-state index in [4.69, 9.17) is 9.26 Å². The summed E-state index contributed by atoms with van der Waals surface area (Å²) in [6, 6.07) is 2.06. The summed E-state index contributed by atoms with van der Waals surface area (Å²) in [4.78, 5) is 9.79. The van der Waals surface area contributed by atoms with Crippen molar-refractivity contribution in [3.05, 3.63) is 28.8 Å². The highest BCUT2D eigenvalue weighted by atomic mass is 32.1. The van der Waals surface area contributed by atoms with E-state index in [-0.39, 0.29) is 5.92 Å². The molecule has 0 bridgehead atoms. The summed E-state index contributed by atoms with van der Waals surface area (Å²) in [5.41, 5.74) is 1.13. The summed E-state index contributed by atoms with van der Waals surface area (Å²) in [6.07, 6.45) is 2.75. The maximum absolute atomic E-state index is 5.35. The number of thiazole rings is 1. The molecule has 1 aliphatic heterocycles. The van der Waals surface area contributed by atoms with Crippen molar-refractivity contribution < 1.29 is 9.26 Å². The van der Waals surface area contributed by atoms with Gasteiger partial charge in [0.1, 0.15) is 9.88 Å². The van der Waals surface area contributed by atoms with Crippen molar-refractivity contribution in [3.63, 3.8) is 0 Å². The van der Waals surface area contributed by atoms with Gasteiger partial charge in [0.2, 0.25) is 0 Å². The standard InChI is InChI=1S/C13H11N3O2S2/c1-3-17-6-8(1)11-15-12(18-16-11)10-5-14-13(20-10)9-2-4-19-7-9/h2,4-5,7-8H,1,3,6H2. The van der Waals surface area contributed by atoms with E-state index in [1.54, 1.807) is 28.9 Å². The number of ether oxygens (including phenoxy) is 1. The lowest BCUT2D eigenvalue weighted by Crippen LogP contribution is -1.99. The minimum atomic E-state index is 0.261. The molecule has 3 aromatic heterocycles. The molecule has 0 aliphatic carbocycles. The molecule has 5 nitrogen and oxygen atoms in total. The van der Waals surface area contributed by atoms with Gasteiger partial charge in [-0.2, -0.15) is 16.3 Å². The fourth-order valence-electron chi connectivity index (χ4n) is 2.13. The van der Waals surface area contributed by atoms with E-state index in [1.165, 1.54) is 0 Å². The van der Waals surface area contributed by atoms with Gasteiger partial charge in [0.05, 0.1) is 12.8 Å². The van der Waals surface area contributed by atoms with Crippen molar-refractivity contribution in [3.8, 4) is 21.3 Å². The van der Waals surface area contributed by atoms with Gasteiger partial charge < -0.3 is 9.26 Å². The molecule has 1 fully saturated rings. The first-order chi connectivity index (χ1) is 9.90. The van der Waals surface area contributed by atoms with Gasteiger partial charge in [0, 0.05) is 23.5 Å². The molecule has 0 saturated carbocycles. The number of thiophene rings is 1. The van der Waals surface area contributed by atoms with Crippen LogP contribution < -0.4 is 0 Å². The molecule has 4 heterocycles. The van der Waals surface area contributed by atoms with Crippen molar-refractivity contribution in [1.82, 2.24) is 15.1 Å². The van der Waals surface area contributed by atoms with Gasteiger partial charge in [-0.05, 0) is 17.9 Å². The van der Waals surface area contributed by atoms with Gasteiger partial charge in [-0.3, -0.25) is 0 Å². The van der Waals surface area contributed by atoms with E-state index in [0.29, 0.717) is 12.5 Å². The van der Waals surface area contributed by atoms with Crippen molar-refractivity contribution in [1.29, 1.82) is 0 Å². The molecule has 20 heavy (non-hydrogen) atoms. The molecular formula is C13H11N3O2S2. The summed E-state index contributed by atoms with van der Waals surface area (Å²) in [7, 11) is 0. The van der Waals surface area contributed by atoms with Gasteiger partial charge in [0.25, 0.3) is 5.89 Å². The third-order valence-corrected chi connectivity index (χ3v) is 4.94. The fraction of sp³-hybridized carbons (Fsp3) is 0.308. The highest BCUT2D eigenvalue weighted by Crippen LogP contribution is 2.33. The molecule has 0 radical (unpaired) electrons. The smallest absolute Gasteiger partial charge is 0.269 e. The van der Waals surface area contributed by atoms with Gasteiger partial charge in [0.15, 0.2) is 5.82 Å². The van der Waals surface area contributed by atoms with Crippen LogP contribution in [0.4, 0.5) is 0 Å². The zero-order valence-electron chi connectivity index (χ0n) is 10.5. The topological polar surface area (TPSA) is 61.0 Å². The third-order valence-electron chi connectivity index (χ3n) is 3.22. The Bertz CT molecular complexity index is 699. The van der Waals surface area contributed by atoms with E-state index in [2.05, 4.69) is 26.6 Å². The average molecular weight is 305 g/mol. The molecule has 1 atom stereocenters. The molecule has 0 amide bonds. The summed E-state index contributed by atoms with van der Waals surface area (Å²) in [6.45, 7) is 1.46. The Morgan fingerprint density at radius 1 is 1.35 bits per heavy atom. The molecule has 0 spiro atoms. The van der Waals surface area contributed by atoms with E-state index in [0.717, 1.165) is 34.3 Å². The van der Waals surface area contributed by atoms with Gasteiger partial charge in [-0.25, -0.2) is 4.98 Å². The quantitative estimate of drug-likeness (QED) is 0.742. The predicted octanol–water partition coefficient (Wildman–Crippen LogP) is 3.43. The lowest BCUT2D eigenvalue weighted by atomic mass is 10.1. The summed E-state index contributed by atoms with van der Waals surface area (Å²) < 4.78 is 10.7. The number of nitrogens with zero attached hydrogens (tertiary/aromatic N) is 3. The zero-order chi connectivity index (χ0) is 13.4.